The molecule has 0 heterocycles. The summed E-state index contributed by atoms with van der Waals surface area (Å²) >= 11 is 14.6. The Morgan fingerprint density at radius 1 is 0.857 bits per heavy atom. The van der Waals surface area contributed by atoms with Crippen LogP contribution >= 0.6 is 36.4 Å². The van der Waals surface area contributed by atoms with Crippen molar-refractivity contribution in [2.45, 2.75) is 20.3 Å². The number of hydrogen-bond acceptors (Lipinski definition) is 3. The lowest BCUT2D eigenvalue weighted by atomic mass is 10.2. The maximum absolute atomic E-state index is 10.5. The summed E-state index contributed by atoms with van der Waals surface area (Å²) in [4.78, 5) is 10.5. The molecule has 0 atom stereocenters. The molecule has 28 heavy (non-hydrogen) atoms. The molecule has 0 saturated heterocycles. The van der Waals surface area contributed by atoms with E-state index in [1.54, 1.807) is 24.3 Å². The Hall–Kier alpha value is -2.14. The van der Waals surface area contributed by atoms with Crippen LogP contribution in [0.3, 0.4) is 0 Å². The molecule has 3 rings (SSSR count). The monoisotopic (exact) mass is 430 g/mol. The minimum Gasteiger partial charge on any atom is -0.445 e. The summed E-state index contributed by atoms with van der Waals surface area (Å²) in [5.41, 5.74) is 1.49. The summed E-state index contributed by atoms with van der Waals surface area (Å²) in [6, 6.07) is 25.7. The van der Waals surface area contributed by atoms with Crippen LogP contribution < -0.4 is 4.74 Å². The number of para-hydroxylation sites is 1. The highest BCUT2D eigenvalue weighted by molar-refractivity contribution is 7.97. The first-order valence-corrected chi connectivity index (χ1v) is 10.0. The van der Waals surface area contributed by atoms with Crippen LogP contribution in [0.2, 0.25) is 5.02 Å². The molecule has 2 nitrogen and oxygen atoms in total. The Kier molecular flexibility index (Phi) is 11.9. The van der Waals surface area contributed by atoms with Crippen LogP contribution in [-0.4, -0.2) is 10.2 Å². The van der Waals surface area contributed by atoms with E-state index < -0.39 is 0 Å². The van der Waals surface area contributed by atoms with Crippen molar-refractivity contribution in [3.63, 3.8) is 0 Å². The van der Waals surface area contributed by atoms with Crippen molar-refractivity contribution < 1.29 is 9.53 Å². The van der Waals surface area contributed by atoms with Crippen molar-refractivity contribution >= 4 is 46.6 Å². The van der Waals surface area contributed by atoms with E-state index in [0.29, 0.717) is 15.6 Å². The molecule has 146 valence electrons. The molecular formula is C23H23ClO2S2. The Labute approximate surface area is 182 Å². The van der Waals surface area contributed by atoms with Gasteiger partial charge >= 0.3 is 0 Å². The average Bonchev–Trinajstić information content (AvgIpc) is 2.71. The summed E-state index contributed by atoms with van der Waals surface area (Å²) in [7, 11) is 0. The fourth-order valence-corrected chi connectivity index (χ4v) is 2.33. The molecule has 0 saturated carbocycles. The van der Waals surface area contributed by atoms with Gasteiger partial charge in [0.15, 0.2) is 5.05 Å². The second-order valence-electron chi connectivity index (χ2n) is 5.59. The molecule has 0 aliphatic rings. The lowest BCUT2D eigenvalue weighted by Gasteiger charge is -2.06. The van der Waals surface area contributed by atoms with Gasteiger partial charge in [0.1, 0.15) is 5.75 Å². The van der Waals surface area contributed by atoms with E-state index in [1.807, 2.05) is 60.7 Å². The van der Waals surface area contributed by atoms with Crippen molar-refractivity contribution in [3.05, 3.63) is 101 Å². The summed E-state index contributed by atoms with van der Waals surface area (Å²) in [5, 5.41) is 0.949. The Morgan fingerprint density at radius 2 is 1.32 bits per heavy atom. The second-order valence-corrected chi connectivity index (χ2v) is 6.80. The maximum atomic E-state index is 10.5. The summed E-state index contributed by atoms with van der Waals surface area (Å²) < 4.78 is 5.53. The van der Waals surface area contributed by atoms with Gasteiger partial charge in [-0.3, -0.25) is 4.79 Å². The zero-order chi connectivity index (χ0) is 20.8. The van der Waals surface area contributed by atoms with Gasteiger partial charge in [0, 0.05) is 16.1 Å². The highest BCUT2D eigenvalue weighted by atomic mass is 35.5. The highest BCUT2D eigenvalue weighted by Crippen LogP contribution is 2.14. The van der Waals surface area contributed by atoms with Gasteiger partial charge in [-0.05, 0) is 48.6 Å². The number of ether oxygens (including phenoxy) is 1. The maximum Gasteiger partial charge on any atom is 0.216 e. The van der Waals surface area contributed by atoms with Crippen LogP contribution in [0.15, 0.2) is 84.9 Å². The lowest BCUT2D eigenvalue weighted by Crippen LogP contribution is -2.06. The molecule has 0 fully saturated rings. The van der Waals surface area contributed by atoms with Crippen LogP contribution in [0.4, 0.5) is 0 Å². The smallest absolute Gasteiger partial charge is 0.216 e. The quantitative estimate of drug-likeness (QED) is 0.349. The van der Waals surface area contributed by atoms with Crippen LogP contribution in [0, 0.1) is 0 Å². The first-order valence-electron chi connectivity index (χ1n) is 8.79. The fourth-order valence-electron chi connectivity index (χ4n) is 1.82. The van der Waals surface area contributed by atoms with Crippen molar-refractivity contribution in [2.75, 3.05) is 0 Å². The topological polar surface area (TPSA) is 26.3 Å². The van der Waals surface area contributed by atoms with E-state index in [1.165, 1.54) is 6.42 Å². The molecule has 0 aliphatic heterocycles. The van der Waals surface area contributed by atoms with Crippen molar-refractivity contribution in [1.82, 2.24) is 0 Å². The van der Waals surface area contributed by atoms with Gasteiger partial charge in [0.05, 0.1) is 0 Å². The summed E-state index contributed by atoms with van der Waals surface area (Å²) in [6.45, 7) is 4.25. The number of thiol groups is 1. The Morgan fingerprint density at radius 3 is 1.75 bits per heavy atom. The number of rotatable bonds is 3. The molecule has 0 amide bonds. The van der Waals surface area contributed by atoms with Crippen LogP contribution in [0.1, 0.15) is 36.2 Å². The molecule has 3 aromatic rings. The van der Waals surface area contributed by atoms with Gasteiger partial charge in [-0.25, -0.2) is 0 Å². The summed E-state index contributed by atoms with van der Waals surface area (Å²) in [6.07, 6.45) is 1.25. The zero-order valence-electron chi connectivity index (χ0n) is 15.8. The number of carbonyl (C=O) groups is 1. The highest BCUT2D eigenvalue weighted by Gasteiger charge is 2.03. The number of benzene rings is 3. The lowest BCUT2D eigenvalue weighted by molar-refractivity contribution is 0.109. The largest absolute Gasteiger partial charge is 0.445 e. The van der Waals surface area contributed by atoms with E-state index in [2.05, 4.69) is 26.5 Å². The molecule has 3 aromatic carbocycles. The van der Waals surface area contributed by atoms with Crippen molar-refractivity contribution in [2.24, 2.45) is 0 Å². The molecule has 0 unspecified atom stereocenters. The molecule has 5 heteroatoms. The second kappa shape index (κ2) is 13.9. The fraction of sp³-hybridized carbons (Fsp3) is 0.130. The third-order valence-electron chi connectivity index (χ3n) is 3.05. The molecule has 0 aromatic heterocycles. The normalized spacial score (nSPS) is 9.14. The van der Waals surface area contributed by atoms with E-state index in [-0.39, 0.29) is 5.12 Å². The van der Waals surface area contributed by atoms with Gasteiger partial charge in [-0.2, -0.15) is 0 Å². The first kappa shape index (κ1) is 23.9. The minimum atomic E-state index is -0.185. The van der Waals surface area contributed by atoms with Crippen molar-refractivity contribution in [3.8, 4) is 5.75 Å². The number of thiocarbonyl (C=S) groups is 1. The van der Waals surface area contributed by atoms with E-state index in [9.17, 15) is 4.79 Å². The van der Waals surface area contributed by atoms with Crippen molar-refractivity contribution in [1.29, 1.82) is 0 Å². The standard InChI is InChI=1S/C13H9ClOS.C7H6OS.C3H8/c14-11-8-6-10(7-9-11)13(16)15-12-4-2-1-3-5-12;8-7(9)6-4-2-1-3-5-6;1-3-2/h1-9H;1-5H,(H,8,9);3H2,1-2H3. The molecule has 0 N–H and O–H groups in total. The average molecular weight is 431 g/mol. The predicted molar refractivity (Wildman–Crippen MR) is 126 cm³/mol. The van der Waals surface area contributed by atoms with Crippen LogP contribution in [-0.2, 0) is 0 Å². The van der Waals surface area contributed by atoms with Crippen LogP contribution in [0.5, 0.6) is 5.75 Å². The van der Waals surface area contributed by atoms with Gasteiger partial charge in [0.2, 0.25) is 5.12 Å². The van der Waals surface area contributed by atoms with E-state index >= 15 is 0 Å². The van der Waals surface area contributed by atoms with Gasteiger partial charge in [0.25, 0.3) is 0 Å². The first-order chi connectivity index (χ1) is 13.5. The Bertz CT molecular complexity index is 835. The molecule has 0 aliphatic carbocycles. The van der Waals surface area contributed by atoms with Gasteiger partial charge in [-0.1, -0.05) is 80.4 Å². The third-order valence-corrected chi connectivity index (χ3v) is 3.88. The van der Waals surface area contributed by atoms with E-state index in [0.717, 1.165) is 11.3 Å². The number of halogens is 1. The number of carbonyl (C=O) groups excluding carboxylic acids is 1. The van der Waals surface area contributed by atoms with Crippen LogP contribution in [0.25, 0.3) is 0 Å². The Balaban J connectivity index is 0.000000276. The molecular weight excluding hydrogens is 408 g/mol. The molecule has 0 spiro atoms. The number of hydrogen-bond donors (Lipinski definition) is 1. The third kappa shape index (κ3) is 9.70. The van der Waals surface area contributed by atoms with Gasteiger partial charge in [-0.15, -0.1) is 12.6 Å². The predicted octanol–water partition coefficient (Wildman–Crippen LogP) is 7.27. The summed E-state index contributed by atoms with van der Waals surface area (Å²) in [5.74, 6) is 0.738. The van der Waals surface area contributed by atoms with E-state index in [4.69, 9.17) is 28.6 Å². The molecule has 0 bridgehead atoms. The SMILES string of the molecule is CCC.O=C(S)c1ccccc1.S=C(Oc1ccccc1)c1ccc(Cl)cc1. The minimum absolute atomic E-state index is 0.185. The molecule has 0 radical (unpaired) electrons. The zero-order valence-corrected chi connectivity index (χ0v) is 18.3. The van der Waals surface area contributed by atoms with Gasteiger partial charge < -0.3 is 4.74 Å².